The minimum absolute atomic E-state index is 0.486. The second kappa shape index (κ2) is 7.74. The molecule has 0 spiro atoms. The van der Waals surface area contributed by atoms with Crippen molar-refractivity contribution in [3.05, 3.63) is 53.7 Å². The first-order chi connectivity index (χ1) is 13.2. The van der Waals surface area contributed by atoms with Crippen molar-refractivity contribution in [1.82, 2.24) is 14.9 Å². The number of ether oxygens (including phenoxy) is 1. The molecule has 1 aromatic heterocycles. The van der Waals surface area contributed by atoms with Crippen molar-refractivity contribution in [2.45, 2.75) is 6.54 Å². The van der Waals surface area contributed by atoms with Crippen molar-refractivity contribution in [2.75, 3.05) is 31.6 Å². The van der Waals surface area contributed by atoms with Crippen LogP contribution in [0, 0.1) is 11.3 Å². The van der Waals surface area contributed by atoms with Crippen LogP contribution in [0.4, 0.5) is 11.6 Å². The van der Waals surface area contributed by atoms with Gasteiger partial charge < -0.3 is 10.1 Å². The van der Waals surface area contributed by atoms with E-state index >= 15 is 0 Å². The number of aromatic nitrogens is 2. The number of benzene rings is 2. The second-order valence-corrected chi connectivity index (χ2v) is 6.56. The lowest BCUT2D eigenvalue weighted by Crippen LogP contribution is -2.35. The van der Waals surface area contributed by atoms with Gasteiger partial charge in [-0.1, -0.05) is 17.6 Å². The van der Waals surface area contributed by atoms with Crippen LogP contribution in [0.2, 0.25) is 0 Å². The van der Waals surface area contributed by atoms with Crippen LogP contribution in [0.1, 0.15) is 11.1 Å². The van der Waals surface area contributed by atoms with Crippen LogP contribution >= 0.6 is 0 Å². The maximum absolute atomic E-state index is 9.37. The number of hydrogen-bond acceptors (Lipinski definition) is 6. The fourth-order valence-corrected chi connectivity index (χ4v) is 3.18. The third-order valence-electron chi connectivity index (χ3n) is 4.49. The fraction of sp³-hybridized carbons (Fsp3) is 0.250. The van der Waals surface area contributed by atoms with Gasteiger partial charge in [-0.3, -0.25) is 4.90 Å². The number of rotatable bonds is 4. The minimum atomic E-state index is 0.486. The monoisotopic (exact) mass is 355 g/mol. The summed E-state index contributed by atoms with van der Waals surface area (Å²) in [6, 6.07) is 13.5. The number of nitrogens with one attached hydrogen (secondary N) is 1. The molecule has 2 radical (unpaired) electrons. The summed E-state index contributed by atoms with van der Waals surface area (Å²) in [7, 11) is 5.80. The van der Waals surface area contributed by atoms with Crippen LogP contribution in [0.25, 0.3) is 10.9 Å². The molecular formula is C20H18BN5O. The van der Waals surface area contributed by atoms with E-state index in [0.717, 1.165) is 55.0 Å². The van der Waals surface area contributed by atoms with Crippen molar-refractivity contribution in [3.8, 4) is 6.07 Å². The second-order valence-electron chi connectivity index (χ2n) is 6.56. The molecule has 1 N–H and O–H groups in total. The summed E-state index contributed by atoms with van der Waals surface area (Å²) < 4.78 is 5.40. The van der Waals surface area contributed by atoms with Gasteiger partial charge in [0.25, 0.3) is 0 Å². The standard InChI is InChI=1S/C20H18BN5O/c21-17-1-2-19-16(10-17)12-23-20(25-19)24-18-8-14(11-22)7-15(9-18)13-26-3-5-27-6-4-26/h1-2,7-10,12H,3-6,13H2,(H,23,24,25). The Balaban J connectivity index is 1.58. The van der Waals surface area contributed by atoms with Crippen LogP contribution < -0.4 is 10.8 Å². The van der Waals surface area contributed by atoms with Crippen molar-refractivity contribution < 1.29 is 4.74 Å². The maximum atomic E-state index is 9.37. The Morgan fingerprint density at radius 1 is 1.19 bits per heavy atom. The first-order valence-corrected chi connectivity index (χ1v) is 8.83. The number of nitrogens with zero attached hydrogens (tertiary/aromatic N) is 4. The Morgan fingerprint density at radius 3 is 2.85 bits per heavy atom. The Morgan fingerprint density at radius 2 is 2.04 bits per heavy atom. The fourth-order valence-electron chi connectivity index (χ4n) is 3.18. The molecule has 4 rings (SSSR count). The van der Waals surface area contributed by atoms with Crippen molar-refractivity contribution in [2.24, 2.45) is 0 Å². The molecule has 132 valence electrons. The summed E-state index contributed by atoms with van der Waals surface area (Å²) >= 11 is 0. The van der Waals surface area contributed by atoms with Gasteiger partial charge in [0.05, 0.1) is 30.4 Å². The Bertz CT molecular complexity index is 1010. The highest BCUT2D eigenvalue weighted by Gasteiger charge is 2.12. The molecule has 3 aromatic rings. The smallest absolute Gasteiger partial charge is 0.227 e. The quantitative estimate of drug-likeness (QED) is 0.721. The molecule has 7 heteroatoms. The van der Waals surface area contributed by atoms with Gasteiger partial charge in [0.2, 0.25) is 5.95 Å². The zero-order valence-corrected chi connectivity index (χ0v) is 14.9. The maximum Gasteiger partial charge on any atom is 0.227 e. The van der Waals surface area contributed by atoms with Crippen LogP contribution in [0.3, 0.4) is 0 Å². The Kier molecular flexibility index (Phi) is 5.01. The van der Waals surface area contributed by atoms with Gasteiger partial charge in [-0.2, -0.15) is 5.26 Å². The molecule has 27 heavy (non-hydrogen) atoms. The summed E-state index contributed by atoms with van der Waals surface area (Å²) in [5.41, 5.74) is 3.98. The molecule has 0 amide bonds. The average Bonchev–Trinajstić information content (AvgIpc) is 2.68. The molecule has 1 aliphatic heterocycles. The van der Waals surface area contributed by atoms with E-state index in [0.29, 0.717) is 17.0 Å². The Labute approximate surface area is 159 Å². The molecule has 0 atom stereocenters. The molecular weight excluding hydrogens is 337 g/mol. The molecule has 1 saturated heterocycles. The van der Waals surface area contributed by atoms with Gasteiger partial charge in [-0.25, -0.2) is 9.97 Å². The normalized spacial score (nSPS) is 14.8. The van der Waals surface area contributed by atoms with Crippen molar-refractivity contribution in [1.29, 1.82) is 5.26 Å². The van der Waals surface area contributed by atoms with E-state index in [1.165, 1.54) is 0 Å². The van der Waals surface area contributed by atoms with E-state index in [1.807, 2.05) is 30.3 Å². The van der Waals surface area contributed by atoms with Crippen molar-refractivity contribution >= 4 is 35.8 Å². The molecule has 2 heterocycles. The van der Waals surface area contributed by atoms with E-state index in [2.05, 4.69) is 26.3 Å². The Hall–Kier alpha value is -2.95. The molecule has 0 saturated carbocycles. The summed E-state index contributed by atoms with van der Waals surface area (Å²) in [5.74, 6) is 0.486. The lowest BCUT2D eigenvalue weighted by atomic mass is 9.95. The van der Waals surface area contributed by atoms with Gasteiger partial charge in [-0.05, 0) is 29.8 Å². The number of hydrogen-bond donors (Lipinski definition) is 1. The predicted molar refractivity (Wildman–Crippen MR) is 105 cm³/mol. The topological polar surface area (TPSA) is 74.1 Å². The molecule has 0 aliphatic carbocycles. The van der Waals surface area contributed by atoms with Gasteiger partial charge >= 0.3 is 0 Å². The highest BCUT2D eigenvalue weighted by Crippen LogP contribution is 2.20. The third kappa shape index (κ3) is 4.25. The SMILES string of the molecule is [B]c1ccc2nc(Nc3cc(C#N)cc(CN4CCOCC4)c3)ncc2c1. The lowest BCUT2D eigenvalue weighted by Gasteiger charge is -2.26. The summed E-state index contributed by atoms with van der Waals surface area (Å²) in [4.78, 5) is 11.2. The summed E-state index contributed by atoms with van der Waals surface area (Å²) in [6.07, 6.45) is 1.74. The number of morpholine rings is 1. The first-order valence-electron chi connectivity index (χ1n) is 8.83. The predicted octanol–water partition coefficient (Wildman–Crippen LogP) is 1.87. The minimum Gasteiger partial charge on any atom is -0.379 e. The summed E-state index contributed by atoms with van der Waals surface area (Å²) in [5, 5.41) is 13.5. The van der Waals surface area contributed by atoms with Crippen LogP contribution in [-0.4, -0.2) is 49.0 Å². The van der Waals surface area contributed by atoms with Crippen molar-refractivity contribution in [3.63, 3.8) is 0 Å². The van der Waals surface area contributed by atoms with Gasteiger partial charge in [0.15, 0.2) is 0 Å². The van der Waals surface area contributed by atoms with E-state index in [4.69, 9.17) is 12.6 Å². The van der Waals surface area contributed by atoms with E-state index < -0.39 is 0 Å². The molecule has 6 nitrogen and oxygen atoms in total. The van der Waals surface area contributed by atoms with Gasteiger partial charge in [0, 0.05) is 36.9 Å². The average molecular weight is 355 g/mol. The molecule has 0 bridgehead atoms. The third-order valence-corrected chi connectivity index (χ3v) is 4.49. The zero-order chi connectivity index (χ0) is 18.6. The number of anilines is 2. The van der Waals surface area contributed by atoms with Gasteiger partial charge in [-0.15, -0.1) is 0 Å². The van der Waals surface area contributed by atoms with Gasteiger partial charge in [0.1, 0.15) is 7.85 Å². The van der Waals surface area contributed by atoms with E-state index in [9.17, 15) is 5.26 Å². The highest BCUT2D eigenvalue weighted by atomic mass is 16.5. The number of fused-ring (bicyclic) bond motifs is 1. The van der Waals surface area contributed by atoms with Crippen LogP contribution in [0.15, 0.2) is 42.6 Å². The zero-order valence-electron chi connectivity index (χ0n) is 14.9. The number of nitriles is 1. The molecule has 1 aliphatic rings. The van der Waals surface area contributed by atoms with E-state index in [-0.39, 0.29) is 0 Å². The molecule has 2 aromatic carbocycles. The van der Waals surface area contributed by atoms with E-state index in [1.54, 1.807) is 12.3 Å². The highest BCUT2D eigenvalue weighted by molar-refractivity contribution is 6.33. The lowest BCUT2D eigenvalue weighted by molar-refractivity contribution is 0.0342. The molecule has 0 unspecified atom stereocenters. The largest absolute Gasteiger partial charge is 0.379 e. The first kappa shape index (κ1) is 17.5. The van der Waals surface area contributed by atoms with Crippen LogP contribution in [0.5, 0.6) is 0 Å². The summed E-state index contributed by atoms with van der Waals surface area (Å²) in [6.45, 7) is 4.08. The molecule has 1 fully saturated rings. The van der Waals surface area contributed by atoms with Crippen LogP contribution in [-0.2, 0) is 11.3 Å².